The molecule has 0 bridgehead atoms. The van der Waals surface area contributed by atoms with Crippen molar-refractivity contribution < 1.29 is 9.90 Å². The van der Waals surface area contributed by atoms with Gasteiger partial charge in [-0.2, -0.15) is 0 Å². The number of aromatic nitrogens is 2. The maximum absolute atomic E-state index is 12.9. The van der Waals surface area contributed by atoms with Crippen LogP contribution in [0, 0.1) is 11.3 Å². The minimum atomic E-state index is -0.753. The van der Waals surface area contributed by atoms with Gasteiger partial charge >= 0.3 is 5.97 Å². The predicted molar refractivity (Wildman–Crippen MR) is 130 cm³/mol. The average molecular weight is 447 g/mol. The van der Waals surface area contributed by atoms with Crippen molar-refractivity contribution in [1.82, 2.24) is 9.55 Å². The third kappa shape index (κ3) is 4.43. The van der Waals surface area contributed by atoms with E-state index in [1.54, 1.807) is 19.2 Å². The smallest absolute Gasteiger partial charge is 0.308 e. The number of allylic oxidation sites excluding steroid dienone is 1. The largest absolute Gasteiger partial charge is 0.481 e. The summed E-state index contributed by atoms with van der Waals surface area (Å²) in [4.78, 5) is 30.8. The molecular weight excluding hydrogens is 420 g/mol. The number of benzene rings is 2. The van der Waals surface area contributed by atoms with Crippen LogP contribution in [0.2, 0.25) is 0 Å². The second-order valence-electron chi connectivity index (χ2n) is 8.09. The topological polar surface area (TPSA) is 137 Å². The number of nitrogens with two attached hydrogens (primary N) is 1. The van der Waals surface area contributed by atoms with Crippen LogP contribution in [0.5, 0.6) is 0 Å². The molecule has 5 N–H and O–H groups in total. The fourth-order valence-corrected chi connectivity index (χ4v) is 4.12. The van der Waals surface area contributed by atoms with E-state index in [1.807, 2.05) is 30.3 Å². The molecule has 0 amide bonds. The van der Waals surface area contributed by atoms with E-state index in [0.29, 0.717) is 35.3 Å². The molecule has 3 aromatic rings. The Balaban J connectivity index is 1.58. The molecule has 0 radical (unpaired) electrons. The number of nitrogens with zero attached hydrogens (tertiary/aromatic N) is 3. The van der Waals surface area contributed by atoms with E-state index >= 15 is 0 Å². The van der Waals surface area contributed by atoms with Crippen LogP contribution in [-0.2, 0) is 11.8 Å². The maximum atomic E-state index is 12.9. The van der Waals surface area contributed by atoms with Crippen molar-refractivity contribution in [3.63, 3.8) is 0 Å². The predicted octanol–water partition coefficient (Wildman–Crippen LogP) is 2.93. The summed E-state index contributed by atoms with van der Waals surface area (Å²) < 4.78 is 1.51. The Morgan fingerprint density at radius 1 is 1.27 bits per heavy atom. The van der Waals surface area contributed by atoms with Gasteiger partial charge in [0.25, 0.3) is 5.56 Å². The van der Waals surface area contributed by atoms with Gasteiger partial charge in [-0.1, -0.05) is 6.07 Å². The van der Waals surface area contributed by atoms with Gasteiger partial charge in [-0.15, -0.1) is 0 Å². The molecule has 1 aliphatic rings. The number of carboxylic acid groups (broad SMARTS) is 1. The van der Waals surface area contributed by atoms with Crippen molar-refractivity contribution >= 4 is 46.0 Å². The van der Waals surface area contributed by atoms with Gasteiger partial charge in [0.2, 0.25) is 0 Å². The molecule has 2 heterocycles. The number of fused-ring (bicyclic) bond motifs is 1. The highest BCUT2D eigenvalue weighted by atomic mass is 16.4. The van der Waals surface area contributed by atoms with Gasteiger partial charge in [0.1, 0.15) is 0 Å². The summed E-state index contributed by atoms with van der Waals surface area (Å²) in [6.45, 7) is 1.32. The lowest BCUT2D eigenvalue weighted by Crippen LogP contribution is -2.38. The van der Waals surface area contributed by atoms with Crippen molar-refractivity contribution in [3.8, 4) is 0 Å². The monoisotopic (exact) mass is 446 g/mol. The number of rotatable bonds is 6. The highest BCUT2D eigenvalue weighted by Gasteiger charge is 2.25. The molecule has 4 rings (SSSR count). The average Bonchev–Trinajstić information content (AvgIpc) is 2.84. The number of hydrogen-bond acceptors (Lipinski definition) is 7. The first kappa shape index (κ1) is 22.1. The summed E-state index contributed by atoms with van der Waals surface area (Å²) in [5.74, 6) is -0.898. The Labute approximate surface area is 190 Å². The van der Waals surface area contributed by atoms with Gasteiger partial charge in [0.05, 0.1) is 17.0 Å². The summed E-state index contributed by atoms with van der Waals surface area (Å²) in [7, 11) is 1.68. The first-order valence-corrected chi connectivity index (χ1v) is 10.7. The van der Waals surface area contributed by atoms with Crippen molar-refractivity contribution in [3.05, 3.63) is 64.6 Å². The summed E-state index contributed by atoms with van der Waals surface area (Å²) in [5.41, 5.74) is 9.52. The Hall–Kier alpha value is -4.14. The zero-order valence-electron chi connectivity index (χ0n) is 18.3. The van der Waals surface area contributed by atoms with Crippen LogP contribution in [0.3, 0.4) is 0 Å². The third-order valence-electron chi connectivity index (χ3n) is 6.01. The zero-order chi connectivity index (χ0) is 23.5. The molecule has 33 heavy (non-hydrogen) atoms. The number of anilines is 3. The van der Waals surface area contributed by atoms with E-state index in [9.17, 15) is 14.7 Å². The number of aryl methyl sites for hydroxylation is 1. The number of nitrogens with one attached hydrogen (secondary N) is 2. The van der Waals surface area contributed by atoms with Crippen molar-refractivity contribution in [2.45, 2.75) is 12.8 Å². The van der Waals surface area contributed by atoms with E-state index in [1.165, 1.54) is 10.8 Å². The molecule has 9 nitrogen and oxygen atoms in total. The van der Waals surface area contributed by atoms with E-state index in [0.717, 1.165) is 30.4 Å². The number of carboxylic acids is 1. The van der Waals surface area contributed by atoms with Crippen molar-refractivity contribution in [2.24, 2.45) is 18.7 Å². The standard InChI is InChI=1S/C24H26N6O3/c1-29-21-11-15(17(12-25)13-26)4-9-20(21)28-22(23(29)31)27-18-5-7-19(8-6-18)30-10-2-3-16(14-30)24(32)33/h4-9,11-13,16,25H,2-3,10,14,26H2,1H3,(H,27,28)(H,32,33)/b17-13+,25-12?. The van der Waals surface area contributed by atoms with E-state index in [2.05, 4.69) is 15.2 Å². The molecule has 1 aromatic heterocycles. The number of hydrogen-bond donors (Lipinski definition) is 4. The maximum Gasteiger partial charge on any atom is 0.308 e. The second-order valence-corrected chi connectivity index (χ2v) is 8.09. The minimum Gasteiger partial charge on any atom is -0.481 e. The highest BCUT2D eigenvalue weighted by molar-refractivity contribution is 6.09. The number of carbonyl (C=O) groups is 1. The molecule has 0 aliphatic carbocycles. The Bertz CT molecular complexity index is 1300. The SMILES string of the molecule is Cn1c(=O)c(Nc2ccc(N3CCCC(C(=O)O)C3)cc2)nc2ccc(/C(C=N)=C/N)cc21. The van der Waals surface area contributed by atoms with Gasteiger partial charge < -0.3 is 31.0 Å². The van der Waals surface area contributed by atoms with E-state index in [-0.39, 0.29) is 17.3 Å². The molecule has 0 saturated carbocycles. The van der Waals surface area contributed by atoms with Crippen LogP contribution in [0.25, 0.3) is 16.6 Å². The Morgan fingerprint density at radius 2 is 2.03 bits per heavy atom. The molecule has 1 aliphatic heterocycles. The van der Waals surface area contributed by atoms with Gasteiger partial charge in [0.15, 0.2) is 5.82 Å². The molecular formula is C24H26N6O3. The summed E-state index contributed by atoms with van der Waals surface area (Å²) in [6.07, 6.45) is 4.07. The number of piperidine rings is 1. The summed E-state index contributed by atoms with van der Waals surface area (Å²) in [5, 5.41) is 19.9. The van der Waals surface area contributed by atoms with Crippen LogP contribution in [0.4, 0.5) is 17.2 Å². The van der Waals surface area contributed by atoms with E-state index < -0.39 is 5.97 Å². The molecule has 170 valence electrons. The summed E-state index contributed by atoms with van der Waals surface area (Å²) >= 11 is 0. The molecule has 2 aromatic carbocycles. The summed E-state index contributed by atoms with van der Waals surface area (Å²) in [6, 6.07) is 12.9. The van der Waals surface area contributed by atoms with Crippen LogP contribution >= 0.6 is 0 Å². The lowest BCUT2D eigenvalue weighted by molar-refractivity contribution is -0.141. The van der Waals surface area contributed by atoms with Crippen molar-refractivity contribution in [2.75, 3.05) is 23.3 Å². The quantitative estimate of drug-likeness (QED) is 0.427. The van der Waals surface area contributed by atoms with Gasteiger partial charge in [-0.05, 0) is 54.8 Å². The molecule has 0 spiro atoms. The fourth-order valence-electron chi connectivity index (χ4n) is 4.12. The fraction of sp³-hybridized carbons (Fsp3) is 0.250. The minimum absolute atomic E-state index is 0.205. The van der Waals surface area contributed by atoms with Crippen LogP contribution < -0.4 is 21.5 Å². The zero-order valence-corrected chi connectivity index (χ0v) is 18.3. The van der Waals surface area contributed by atoms with E-state index in [4.69, 9.17) is 11.1 Å². The van der Waals surface area contributed by atoms with Crippen molar-refractivity contribution in [1.29, 1.82) is 5.41 Å². The second kappa shape index (κ2) is 9.15. The third-order valence-corrected chi connectivity index (χ3v) is 6.01. The molecule has 9 heteroatoms. The first-order valence-electron chi connectivity index (χ1n) is 10.7. The number of aliphatic carboxylic acids is 1. The Morgan fingerprint density at radius 3 is 2.70 bits per heavy atom. The van der Waals surface area contributed by atoms with Gasteiger partial charge in [-0.3, -0.25) is 9.59 Å². The lowest BCUT2D eigenvalue weighted by atomic mass is 9.98. The highest BCUT2D eigenvalue weighted by Crippen LogP contribution is 2.26. The molecule has 1 unspecified atom stereocenters. The molecule has 1 saturated heterocycles. The first-order chi connectivity index (χ1) is 15.9. The van der Waals surface area contributed by atoms with Crippen LogP contribution in [0.1, 0.15) is 18.4 Å². The Kier molecular flexibility index (Phi) is 6.12. The lowest BCUT2D eigenvalue weighted by Gasteiger charge is -2.32. The molecule has 1 atom stereocenters. The molecule has 1 fully saturated rings. The normalized spacial score (nSPS) is 16.6. The van der Waals surface area contributed by atoms with Gasteiger partial charge in [-0.25, -0.2) is 4.98 Å². The van der Waals surface area contributed by atoms with Gasteiger partial charge in [0, 0.05) is 49.5 Å². The van der Waals surface area contributed by atoms with Crippen LogP contribution in [0.15, 0.2) is 53.5 Å². The van der Waals surface area contributed by atoms with Crippen LogP contribution in [-0.4, -0.2) is 39.9 Å².